The Kier molecular flexibility index (Phi) is 10.7. The van der Waals surface area contributed by atoms with Crippen molar-refractivity contribution in [3.63, 3.8) is 0 Å². The third-order valence-electron chi connectivity index (χ3n) is 10.7. The minimum atomic E-state index is -3.29. The topological polar surface area (TPSA) is 142 Å². The van der Waals surface area contributed by atoms with Gasteiger partial charge in [-0.05, 0) is 59.8 Å². The number of amides is 1. The summed E-state index contributed by atoms with van der Waals surface area (Å²) >= 11 is 1.17. The molecular formula is C40H43FN6O6SSi. The number of fused-ring (bicyclic) bond motifs is 1. The summed E-state index contributed by atoms with van der Waals surface area (Å²) in [6.07, 6.45) is 3.49. The summed E-state index contributed by atoms with van der Waals surface area (Å²) in [4.78, 5) is 56.0. The molecule has 1 aliphatic heterocycles. The number of nitrogens with one attached hydrogen (secondary N) is 1. The Labute approximate surface area is 321 Å². The Morgan fingerprint density at radius 2 is 1.67 bits per heavy atom. The minimum Gasteiger partial charge on any atom is -0.496 e. The smallest absolute Gasteiger partial charge is 0.332 e. The van der Waals surface area contributed by atoms with Crippen LogP contribution in [-0.4, -0.2) is 63.4 Å². The van der Waals surface area contributed by atoms with Crippen LogP contribution >= 0.6 is 11.3 Å². The maximum absolute atomic E-state index is 15.0. The van der Waals surface area contributed by atoms with Gasteiger partial charge in [-0.2, -0.15) is 10.2 Å². The van der Waals surface area contributed by atoms with Crippen LogP contribution < -0.4 is 31.7 Å². The monoisotopic (exact) mass is 782 g/mol. The molecule has 1 amide bonds. The molecule has 7 rings (SSSR count). The van der Waals surface area contributed by atoms with Gasteiger partial charge in [0.2, 0.25) is 5.91 Å². The van der Waals surface area contributed by atoms with Crippen LogP contribution in [0.3, 0.4) is 0 Å². The standard InChI is InChI=1S/C40H43FN6O6SSi/c1-26-34-36(49)46(31-18-20-42-35(31)48)39(50)45(38(34)54-37(26)47-43-21-22-44-47)25-33(30-24-27(41)16-17-32(30)52-4)53-23-11-19-40(2,3)55(51,28-12-7-5-8-13-28)29-14-9-6-10-15-29/h5-10,12-17,21-22,24,31,33,51H,11,18-20,23,25H2,1-4H3,(H,42,48)/t31?,33-/m0/s1. The minimum absolute atomic E-state index is 0.133. The van der Waals surface area contributed by atoms with Gasteiger partial charge in [-0.3, -0.25) is 14.2 Å². The van der Waals surface area contributed by atoms with E-state index in [2.05, 4.69) is 29.4 Å². The molecule has 15 heteroatoms. The molecule has 1 saturated heterocycles. The summed E-state index contributed by atoms with van der Waals surface area (Å²) in [6.45, 7) is 6.30. The van der Waals surface area contributed by atoms with E-state index in [4.69, 9.17) is 9.47 Å². The molecule has 286 valence electrons. The maximum atomic E-state index is 15.0. The van der Waals surface area contributed by atoms with Gasteiger partial charge in [0.1, 0.15) is 33.5 Å². The number of hydrogen-bond donors (Lipinski definition) is 2. The van der Waals surface area contributed by atoms with Crippen LogP contribution in [0.15, 0.2) is 101 Å². The molecule has 6 aromatic rings. The lowest BCUT2D eigenvalue weighted by molar-refractivity contribution is -0.122. The van der Waals surface area contributed by atoms with Gasteiger partial charge in [-0.15, -0.1) is 4.80 Å². The maximum Gasteiger partial charge on any atom is 0.332 e. The van der Waals surface area contributed by atoms with Gasteiger partial charge >= 0.3 is 5.69 Å². The number of halogens is 1. The predicted octanol–water partition coefficient (Wildman–Crippen LogP) is 4.39. The van der Waals surface area contributed by atoms with Crippen molar-refractivity contribution in [3.05, 3.63) is 129 Å². The number of hydrogen-bond acceptors (Lipinski definition) is 9. The highest BCUT2D eigenvalue weighted by atomic mass is 32.1. The van der Waals surface area contributed by atoms with Crippen molar-refractivity contribution in [1.82, 2.24) is 29.4 Å². The molecule has 55 heavy (non-hydrogen) atoms. The molecule has 1 aliphatic rings. The fraction of sp³-hybridized carbons (Fsp3) is 0.325. The first-order chi connectivity index (χ1) is 26.5. The highest BCUT2D eigenvalue weighted by Gasteiger charge is 2.49. The van der Waals surface area contributed by atoms with Gasteiger partial charge in [0.05, 0.1) is 31.4 Å². The zero-order valence-corrected chi connectivity index (χ0v) is 32.9. The third-order valence-corrected chi connectivity index (χ3v) is 16.5. The lowest BCUT2D eigenvalue weighted by Crippen LogP contribution is -2.65. The largest absolute Gasteiger partial charge is 0.496 e. The Morgan fingerprint density at radius 1 is 1.02 bits per heavy atom. The molecule has 0 radical (unpaired) electrons. The number of carbonyl (C=O) groups excluding carboxylic acids is 1. The van der Waals surface area contributed by atoms with E-state index in [1.165, 1.54) is 58.4 Å². The summed E-state index contributed by atoms with van der Waals surface area (Å²) in [5.74, 6) is -0.571. The lowest BCUT2D eigenvalue weighted by atomic mass is 10.1. The van der Waals surface area contributed by atoms with E-state index in [1.54, 1.807) is 6.92 Å². The first-order valence-electron chi connectivity index (χ1n) is 18.2. The van der Waals surface area contributed by atoms with Gasteiger partial charge in [-0.1, -0.05) is 85.8 Å². The zero-order chi connectivity index (χ0) is 38.9. The van der Waals surface area contributed by atoms with Crippen LogP contribution in [0.1, 0.15) is 56.4 Å². The first kappa shape index (κ1) is 38.1. The zero-order valence-electron chi connectivity index (χ0n) is 31.1. The molecule has 3 aromatic heterocycles. The number of benzene rings is 3. The number of aromatic nitrogens is 5. The number of thiophene rings is 1. The second-order valence-corrected chi connectivity index (χ2v) is 19.3. The fourth-order valence-electron chi connectivity index (χ4n) is 7.72. The average Bonchev–Trinajstić information content (AvgIpc) is 3.95. The Bertz CT molecular complexity index is 2390. The normalized spacial score (nSPS) is 15.4. The molecule has 1 unspecified atom stereocenters. The van der Waals surface area contributed by atoms with E-state index in [1.807, 2.05) is 60.7 Å². The number of methoxy groups -OCH3 is 1. The summed E-state index contributed by atoms with van der Waals surface area (Å²) in [5.41, 5.74) is -0.340. The SMILES string of the molecule is COc1ccc(F)cc1[C@H](Cn1c(=O)n(C2CCNC2=O)c(=O)c2c(C)c(-n3nccn3)sc21)OCCCC(C)(C)[Si](O)(c1ccccc1)c1ccccc1. The van der Waals surface area contributed by atoms with Crippen molar-refractivity contribution in [2.75, 3.05) is 20.3 Å². The van der Waals surface area contributed by atoms with E-state index in [-0.39, 0.29) is 25.0 Å². The predicted molar refractivity (Wildman–Crippen MR) is 212 cm³/mol. The highest BCUT2D eigenvalue weighted by Crippen LogP contribution is 2.40. The van der Waals surface area contributed by atoms with Gasteiger partial charge in [0.25, 0.3) is 13.9 Å². The second-order valence-electron chi connectivity index (χ2n) is 14.4. The third kappa shape index (κ3) is 6.97. The summed E-state index contributed by atoms with van der Waals surface area (Å²) in [6, 6.07) is 22.7. The highest BCUT2D eigenvalue weighted by molar-refractivity contribution is 7.21. The molecule has 4 heterocycles. The molecular weight excluding hydrogens is 740 g/mol. The average molecular weight is 783 g/mol. The molecule has 0 spiro atoms. The molecule has 12 nitrogen and oxygen atoms in total. The Hall–Kier alpha value is -5.22. The molecule has 0 aliphatic carbocycles. The van der Waals surface area contributed by atoms with Crippen molar-refractivity contribution in [3.8, 4) is 10.8 Å². The number of nitrogens with zero attached hydrogens (tertiary/aromatic N) is 5. The second kappa shape index (κ2) is 15.5. The summed E-state index contributed by atoms with van der Waals surface area (Å²) < 4.78 is 29.7. The van der Waals surface area contributed by atoms with E-state index < -0.39 is 48.5 Å². The van der Waals surface area contributed by atoms with Crippen LogP contribution in [0.25, 0.3) is 15.2 Å². The van der Waals surface area contributed by atoms with Crippen LogP contribution in [-0.2, 0) is 16.1 Å². The van der Waals surface area contributed by atoms with Crippen molar-refractivity contribution in [2.45, 2.75) is 63.8 Å². The quantitative estimate of drug-likeness (QED) is 0.123. The van der Waals surface area contributed by atoms with Crippen molar-refractivity contribution in [2.24, 2.45) is 0 Å². The number of ether oxygens (including phenoxy) is 2. The van der Waals surface area contributed by atoms with Crippen LogP contribution in [0.4, 0.5) is 4.39 Å². The lowest BCUT2D eigenvalue weighted by Gasteiger charge is -2.41. The first-order valence-corrected chi connectivity index (χ1v) is 20.9. The van der Waals surface area contributed by atoms with Crippen LogP contribution in [0.5, 0.6) is 5.75 Å². The van der Waals surface area contributed by atoms with E-state index in [0.29, 0.717) is 46.1 Å². The van der Waals surface area contributed by atoms with Gasteiger partial charge in [0, 0.05) is 24.3 Å². The molecule has 0 saturated carbocycles. The molecule has 3 aromatic carbocycles. The van der Waals surface area contributed by atoms with Crippen molar-refractivity contribution < 1.29 is 23.5 Å². The van der Waals surface area contributed by atoms with Crippen molar-refractivity contribution >= 4 is 46.2 Å². The summed E-state index contributed by atoms with van der Waals surface area (Å²) in [7, 11) is -1.82. The van der Waals surface area contributed by atoms with Gasteiger partial charge in [-0.25, -0.2) is 13.8 Å². The Morgan fingerprint density at radius 3 is 2.27 bits per heavy atom. The van der Waals surface area contributed by atoms with Crippen LogP contribution in [0.2, 0.25) is 5.04 Å². The van der Waals surface area contributed by atoms with Gasteiger partial charge < -0.3 is 19.6 Å². The summed E-state index contributed by atoms with van der Waals surface area (Å²) in [5, 5.41) is 13.3. The van der Waals surface area contributed by atoms with E-state index in [0.717, 1.165) is 14.9 Å². The number of aryl methyl sites for hydroxylation is 1. The molecule has 2 N–H and O–H groups in total. The number of rotatable bonds is 14. The number of carbonyl (C=O) groups is 1. The van der Waals surface area contributed by atoms with E-state index in [9.17, 15) is 23.6 Å². The Balaban J connectivity index is 1.27. The van der Waals surface area contributed by atoms with Gasteiger partial charge in [0.15, 0.2) is 0 Å². The molecule has 0 bridgehead atoms. The molecule has 1 fully saturated rings. The molecule has 2 atom stereocenters. The fourth-order valence-corrected chi connectivity index (χ4v) is 12.7. The van der Waals surface area contributed by atoms with Crippen LogP contribution in [0, 0.1) is 12.7 Å². The van der Waals surface area contributed by atoms with E-state index >= 15 is 0 Å². The van der Waals surface area contributed by atoms with Crippen molar-refractivity contribution in [1.29, 1.82) is 0 Å².